The Morgan fingerprint density at radius 2 is 1.48 bits per heavy atom. The van der Waals surface area contributed by atoms with E-state index in [-0.39, 0.29) is 0 Å². The highest BCUT2D eigenvalue weighted by atomic mass is 14.6. The number of hydrogen-bond donors (Lipinski definition) is 1. The quantitative estimate of drug-likeness (QED) is 0.724. The van der Waals surface area contributed by atoms with Crippen molar-refractivity contribution in [2.45, 2.75) is 27.7 Å². The first-order valence-electron chi connectivity index (χ1n) is 7.14. The van der Waals surface area contributed by atoms with Gasteiger partial charge in [0.15, 0.2) is 0 Å². The molecule has 0 saturated carbocycles. The highest BCUT2D eigenvalue weighted by Gasteiger charge is 2.10. The van der Waals surface area contributed by atoms with Crippen LogP contribution in [0.1, 0.15) is 36.1 Å². The molecule has 0 unspecified atom stereocenters. The Bertz CT molecular complexity index is 712. The van der Waals surface area contributed by atoms with E-state index < -0.39 is 0 Å². The lowest BCUT2D eigenvalue weighted by Gasteiger charge is -2.15. The zero-order valence-electron chi connectivity index (χ0n) is 13.4. The molecule has 0 aliphatic rings. The number of nitrogen functional groups attached to an aromatic ring is 1. The van der Waals surface area contributed by atoms with Crippen LogP contribution in [0, 0.1) is 13.8 Å². The standard InChI is InChI=1S/C20H23N/c1-12(2)16-7-8-18(13(3)4)19(11-16)17-9-14(5)20(21)15(6)10-17/h7-11H,1,3,21H2,2,4-6H3. The summed E-state index contributed by atoms with van der Waals surface area (Å²) in [4.78, 5) is 0. The van der Waals surface area contributed by atoms with Crippen molar-refractivity contribution >= 4 is 16.8 Å². The SMILES string of the molecule is C=C(C)c1ccc(C(=C)C)c(-c2cc(C)c(N)c(C)c2)c1. The van der Waals surface area contributed by atoms with Crippen molar-refractivity contribution in [3.8, 4) is 11.1 Å². The van der Waals surface area contributed by atoms with Crippen LogP contribution in [0.2, 0.25) is 0 Å². The van der Waals surface area contributed by atoms with E-state index in [0.717, 1.165) is 33.5 Å². The van der Waals surface area contributed by atoms with Crippen LogP contribution in [0.4, 0.5) is 5.69 Å². The Labute approximate surface area is 127 Å². The fourth-order valence-corrected chi connectivity index (χ4v) is 2.55. The van der Waals surface area contributed by atoms with Crippen LogP contribution in [-0.4, -0.2) is 0 Å². The maximum absolute atomic E-state index is 6.07. The molecule has 0 atom stereocenters. The maximum atomic E-state index is 6.07. The summed E-state index contributed by atoms with van der Waals surface area (Å²) >= 11 is 0. The molecule has 2 aromatic carbocycles. The molecule has 2 aromatic rings. The number of allylic oxidation sites excluding steroid dienone is 2. The molecule has 0 amide bonds. The summed E-state index contributed by atoms with van der Waals surface area (Å²) in [6.07, 6.45) is 0. The number of nitrogens with two attached hydrogens (primary N) is 1. The van der Waals surface area contributed by atoms with Crippen molar-refractivity contribution in [1.82, 2.24) is 0 Å². The molecule has 1 heteroatoms. The van der Waals surface area contributed by atoms with E-state index in [2.05, 4.69) is 57.3 Å². The van der Waals surface area contributed by atoms with E-state index in [1.807, 2.05) is 13.8 Å². The second-order valence-electron chi connectivity index (χ2n) is 5.84. The number of benzene rings is 2. The first-order chi connectivity index (χ1) is 9.81. The number of rotatable bonds is 3. The number of hydrogen-bond acceptors (Lipinski definition) is 1. The van der Waals surface area contributed by atoms with Gasteiger partial charge in [-0.05, 0) is 79.3 Å². The summed E-state index contributed by atoms with van der Waals surface area (Å²) in [5.41, 5.74) is 16.0. The summed E-state index contributed by atoms with van der Waals surface area (Å²) in [6, 6.07) is 10.7. The second-order valence-corrected chi connectivity index (χ2v) is 5.84. The molecule has 2 N–H and O–H groups in total. The van der Waals surface area contributed by atoms with Gasteiger partial charge in [-0.2, -0.15) is 0 Å². The Hall–Kier alpha value is -2.28. The van der Waals surface area contributed by atoms with E-state index >= 15 is 0 Å². The van der Waals surface area contributed by atoms with Crippen molar-refractivity contribution in [2.24, 2.45) is 0 Å². The zero-order valence-corrected chi connectivity index (χ0v) is 13.4. The van der Waals surface area contributed by atoms with Gasteiger partial charge >= 0.3 is 0 Å². The molecule has 0 radical (unpaired) electrons. The van der Waals surface area contributed by atoms with Crippen LogP contribution in [-0.2, 0) is 0 Å². The van der Waals surface area contributed by atoms with Gasteiger partial charge in [-0.15, -0.1) is 0 Å². The van der Waals surface area contributed by atoms with Gasteiger partial charge in [0.2, 0.25) is 0 Å². The normalized spacial score (nSPS) is 10.5. The fourth-order valence-electron chi connectivity index (χ4n) is 2.55. The molecule has 108 valence electrons. The molecule has 0 fully saturated rings. The summed E-state index contributed by atoms with van der Waals surface area (Å²) in [5, 5.41) is 0. The molecule has 0 heterocycles. The lowest BCUT2D eigenvalue weighted by atomic mass is 9.90. The highest BCUT2D eigenvalue weighted by molar-refractivity contribution is 5.84. The molecule has 1 nitrogen and oxygen atoms in total. The third-order valence-corrected chi connectivity index (χ3v) is 3.88. The predicted molar refractivity (Wildman–Crippen MR) is 95.2 cm³/mol. The van der Waals surface area contributed by atoms with Crippen molar-refractivity contribution in [2.75, 3.05) is 5.73 Å². The minimum Gasteiger partial charge on any atom is -0.398 e. The van der Waals surface area contributed by atoms with Crippen LogP contribution in [0.25, 0.3) is 22.3 Å². The Kier molecular flexibility index (Phi) is 4.04. The van der Waals surface area contributed by atoms with Gasteiger partial charge in [0.25, 0.3) is 0 Å². The minimum absolute atomic E-state index is 0.867. The average molecular weight is 277 g/mol. The third kappa shape index (κ3) is 2.92. The summed E-state index contributed by atoms with van der Waals surface area (Å²) < 4.78 is 0. The van der Waals surface area contributed by atoms with Gasteiger partial charge in [0.05, 0.1) is 0 Å². The van der Waals surface area contributed by atoms with Crippen molar-refractivity contribution in [1.29, 1.82) is 0 Å². The average Bonchev–Trinajstić information content (AvgIpc) is 2.43. The van der Waals surface area contributed by atoms with E-state index in [4.69, 9.17) is 5.73 Å². The monoisotopic (exact) mass is 277 g/mol. The first kappa shape index (κ1) is 15.1. The van der Waals surface area contributed by atoms with Crippen LogP contribution >= 0.6 is 0 Å². The molecule has 0 saturated heterocycles. The van der Waals surface area contributed by atoms with Crippen molar-refractivity contribution in [3.05, 3.63) is 65.7 Å². The lowest BCUT2D eigenvalue weighted by Crippen LogP contribution is -1.96. The Morgan fingerprint density at radius 3 is 1.95 bits per heavy atom. The molecule has 0 bridgehead atoms. The van der Waals surface area contributed by atoms with Gasteiger partial charge in [0, 0.05) is 5.69 Å². The van der Waals surface area contributed by atoms with Crippen LogP contribution < -0.4 is 5.73 Å². The third-order valence-electron chi connectivity index (χ3n) is 3.88. The molecular weight excluding hydrogens is 254 g/mol. The zero-order chi connectivity index (χ0) is 15.7. The van der Waals surface area contributed by atoms with Crippen LogP contribution in [0.3, 0.4) is 0 Å². The molecule has 0 spiro atoms. The fraction of sp³-hybridized carbons (Fsp3) is 0.200. The maximum Gasteiger partial charge on any atom is 0.0373 e. The lowest BCUT2D eigenvalue weighted by molar-refractivity contribution is 1.38. The molecule has 2 rings (SSSR count). The second kappa shape index (κ2) is 5.61. The summed E-state index contributed by atoms with van der Waals surface area (Å²) in [6.45, 7) is 16.3. The largest absolute Gasteiger partial charge is 0.398 e. The predicted octanol–water partition coefficient (Wildman–Crippen LogP) is 5.62. The van der Waals surface area contributed by atoms with Crippen molar-refractivity contribution < 1.29 is 0 Å². The summed E-state index contributed by atoms with van der Waals surface area (Å²) in [5.74, 6) is 0. The van der Waals surface area contributed by atoms with Gasteiger partial charge < -0.3 is 5.73 Å². The molecule has 0 aliphatic carbocycles. The summed E-state index contributed by atoms with van der Waals surface area (Å²) in [7, 11) is 0. The van der Waals surface area contributed by atoms with Crippen LogP contribution in [0.15, 0.2) is 43.5 Å². The Morgan fingerprint density at radius 1 is 0.905 bits per heavy atom. The smallest absolute Gasteiger partial charge is 0.0373 e. The van der Waals surface area contributed by atoms with E-state index in [9.17, 15) is 0 Å². The van der Waals surface area contributed by atoms with Gasteiger partial charge in [-0.1, -0.05) is 36.4 Å². The van der Waals surface area contributed by atoms with E-state index in [1.165, 1.54) is 16.7 Å². The number of anilines is 1. The molecular formula is C20H23N. The Balaban J connectivity index is 2.74. The van der Waals surface area contributed by atoms with Gasteiger partial charge in [-0.25, -0.2) is 0 Å². The van der Waals surface area contributed by atoms with Crippen molar-refractivity contribution in [3.63, 3.8) is 0 Å². The molecule has 0 aliphatic heterocycles. The molecule has 21 heavy (non-hydrogen) atoms. The van der Waals surface area contributed by atoms with E-state index in [0.29, 0.717) is 0 Å². The number of aryl methyl sites for hydroxylation is 2. The topological polar surface area (TPSA) is 26.0 Å². The van der Waals surface area contributed by atoms with Crippen LogP contribution in [0.5, 0.6) is 0 Å². The van der Waals surface area contributed by atoms with E-state index in [1.54, 1.807) is 0 Å². The highest BCUT2D eigenvalue weighted by Crippen LogP contribution is 2.33. The molecule has 0 aromatic heterocycles. The minimum atomic E-state index is 0.867. The van der Waals surface area contributed by atoms with Gasteiger partial charge in [0.1, 0.15) is 0 Å². The van der Waals surface area contributed by atoms with Gasteiger partial charge in [-0.3, -0.25) is 0 Å². The first-order valence-corrected chi connectivity index (χ1v) is 7.14.